The summed E-state index contributed by atoms with van der Waals surface area (Å²) in [7, 11) is 1.98. The number of hydrogen-bond donors (Lipinski definition) is 1. The number of hydrogen-bond acceptors (Lipinski definition) is 4. The Bertz CT molecular complexity index is 571. The second-order valence-corrected chi connectivity index (χ2v) is 6.57. The molecule has 1 N–H and O–H groups in total. The van der Waals surface area contributed by atoms with Crippen LogP contribution in [0.5, 0.6) is 11.5 Å². The molecule has 0 unspecified atom stereocenters. The van der Waals surface area contributed by atoms with Gasteiger partial charge in [0.1, 0.15) is 13.2 Å². The summed E-state index contributed by atoms with van der Waals surface area (Å²) >= 11 is 6.23. The highest BCUT2D eigenvalue weighted by Crippen LogP contribution is 2.38. The second-order valence-electron chi connectivity index (χ2n) is 6.16. The average molecular weight is 339 g/mol. The highest BCUT2D eigenvalue weighted by atomic mass is 35.5. The molecular formula is C17H23ClN2O3. The number of carbonyl (C=O) groups is 1. The van der Waals surface area contributed by atoms with E-state index in [2.05, 4.69) is 5.32 Å². The van der Waals surface area contributed by atoms with Gasteiger partial charge in [-0.05, 0) is 50.0 Å². The van der Waals surface area contributed by atoms with Crippen molar-refractivity contribution in [2.24, 2.45) is 5.92 Å². The molecule has 1 fully saturated rings. The molecule has 0 atom stereocenters. The Morgan fingerprint density at radius 3 is 2.78 bits per heavy atom. The lowest BCUT2D eigenvalue weighted by atomic mass is 9.96. The summed E-state index contributed by atoms with van der Waals surface area (Å²) in [6.07, 6.45) is 2.48. The minimum Gasteiger partial charge on any atom is -0.486 e. The Hall–Kier alpha value is -1.46. The van der Waals surface area contributed by atoms with E-state index in [1.165, 1.54) is 0 Å². The number of fused-ring (bicyclic) bond motifs is 1. The molecule has 0 aromatic heterocycles. The van der Waals surface area contributed by atoms with Gasteiger partial charge in [-0.3, -0.25) is 4.79 Å². The number of rotatable bonds is 4. The van der Waals surface area contributed by atoms with Crippen LogP contribution in [0.15, 0.2) is 12.1 Å². The third-order valence-corrected chi connectivity index (χ3v) is 4.75. The first-order valence-corrected chi connectivity index (χ1v) is 8.55. The van der Waals surface area contributed by atoms with Crippen molar-refractivity contribution in [1.29, 1.82) is 0 Å². The Balaban J connectivity index is 1.61. The van der Waals surface area contributed by atoms with Crippen molar-refractivity contribution in [2.45, 2.75) is 19.3 Å². The molecule has 2 aliphatic heterocycles. The molecule has 1 amide bonds. The predicted octanol–water partition coefficient (Wildman–Crippen LogP) is 2.11. The number of benzene rings is 1. The van der Waals surface area contributed by atoms with Crippen LogP contribution in [0.25, 0.3) is 0 Å². The highest BCUT2D eigenvalue weighted by Gasteiger charge is 2.23. The molecule has 3 rings (SSSR count). The number of nitrogens with zero attached hydrogens (tertiary/aromatic N) is 1. The molecule has 1 aromatic carbocycles. The molecule has 2 aliphatic rings. The van der Waals surface area contributed by atoms with Crippen molar-refractivity contribution in [3.8, 4) is 11.5 Å². The fourth-order valence-corrected chi connectivity index (χ4v) is 3.52. The zero-order valence-electron chi connectivity index (χ0n) is 13.4. The molecule has 0 radical (unpaired) electrons. The van der Waals surface area contributed by atoms with Crippen molar-refractivity contribution in [2.75, 3.05) is 39.9 Å². The average Bonchev–Trinajstić information content (AvgIpc) is 2.56. The van der Waals surface area contributed by atoms with Crippen LogP contribution < -0.4 is 14.8 Å². The summed E-state index contributed by atoms with van der Waals surface area (Å²) in [5.41, 5.74) is 0.876. The fraction of sp³-hybridized carbons (Fsp3) is 0.588. The normalized spacial score (nSPS) is 18.1. The van der Waals surface area contributed by atoms with E-state index >= 15 is 0 Å². The summed E-state index contributed by atoms with van der Waals surface area (Å²) in [5.74, 6) is 2.05. The number of ether oxygens (including phenoxy) is 2. The van der Waals surface area contributed by atoms with Gasteiger partial charge >= 0.3 is 0 Å². The minimum absolute atomic E-state index is 0.153. The minimum atomic E-state index is 0.153. The molecule has 6 heteroatoms. The summed E-state index contributed by atoms with van der Waals surface area (Å²) in [6, 6.07) is 3.67. The number of carbonyl (C=O) groups excluding carboxylic acids is 1. The molecule has 1 aromatic rings. The van der Waals surface area contributed by atoms with Crippen LogP contribution in [0.2, 0.25) is 5.02 Å². The van der Waals surface area contributed by atoms with E-state index < -0.39 is 0 Å². The molecule has 0 aliphatic carbocycles. The maximum absolute atomic E-state index is 12.5. The predicted molar refractivity (Wildman–Crippen MR) is 89.4 cm³/mol. The monoisotopic (exact) mass is 338 g/mol. The highest BCUT2D eigenvalue weighted by molar-refractivity contribution is 6.32. The molecule has 0 bridgehead atoms. The lowest BCUT2D eigenvalue weighted by molar-refractivity contribution is -0.131. The van der Waals surface area contributed by atoms with E-state index in [0.717, 1.165) is 38.0 Å². The lowest BCUT2D eigenvalue weighted by Crippen LogP contribution is -2.41. The molecular weight excluding hydrogens is 316 g/mol. The molecule has 126 valence electrons. The first-order chi connectivity index (χ1) is 11.2. The van der Waals surface area contributed by atoms with Gasteiger partial charge in [-0.15, -0.1) is 0 Å². The SMILES string of the molecule is CNCC1CCN(C(=O)Cc2cc(Cl)c3c(c2)OCCO3)CC1. The van der Waals surface area contributed by atoms with Gasteiger partial charge in [0, 0.05) is 13.1 Å². The van der Waals surface area contributed by atoms with Gasteiger partial charge in [-0.1, -0.05) is 11.6 Å². The Kier molecular flexibility index (Phi) is 5.28. The summed E-state index contributed by atoms with van der Waals surface area (Å²) in [5, 5.41) is 3.72. The van der Waals surface area contributed by atoms with E-state index in [0.29, 0.717) is 42.1 Å². The van der Waals surface area contributed by atoms with Crippen LogP contribution in [0.3, 0.4) is 0 Å². The molecule has 23 heavy (non-hydrogen) atoms. The standard InChI is InChI=1S/C17H23ClN2O3/c1-19-11-12-2-4-20(5-3-12)16(21)10-13-8-14(18)17-15(9-13)22-6-7-23-17/h8-9,12,19H,2-7,10-11H2,1H3. The van der Waals surface area contributed by atoms with Crippen molar-refractivity contribution < 1.29 is 14.3 Å². The maximum atomic E-state index is 12.5. The first kappa shape index (κ1) is 16.4. The zero-order chi connectivity index (χ0) is 16.2. The molecule has 2 heterocycles. The Labute approximate surface area is 141 Å². The van der Waals surface area contributed by atoms with Gasteiger partial charge in [-0.2, -0.15) is 0 Å². The summed E-state index contributed by atoms with van der Waals surface area (Å²) < 4.78 is 11.1. The molecule has 5 nitrogen and oxygen atoms in total. The van der Waals surface area contributed by atoms with Crippen molar-refractivity contribution in [3.05, 3.63) is 22.7 Å². The molecule has 0 saturated carbocycles. The third-order valence-electron chi connectivity index (χ3n) is 4.47. The van der Waals surface area contributed by atoms with Crippen molar-refractivity contribution >= 4 is 17.5 Å². The van der Waals surface area contributed by atoms with Crippen LogP contribution in [0.4, 0.5) is 0 Å². The van der Waals surface area contributed by atoms with Crippen LogP contribution in [0, 0.1) is 5.92 Å². The topological polar surface area (TPSA) is 50.8 Å². The first-order valence-electron chi connectivity index (χ1n) is 8.17. The van der Waals surface area contributed by atoms with Gasteiger partial charge < -0.3 is 19.7 Å². The molecule has 0 spiro atoms. The quantitative estimate of drug-likeness (QED) is 0.913. The zero-order valence-corrected chi connectivity index (χ0v) is 14.2. The third kappa shape index (κ3) is 3.90. The molecule has 1 saturated heterocycles. The second kappa shape index (κ2) is 7.41. The van der Waals surface area contributed by atoms with Crippen LogP contribution in [-0.2, 0) is 11.2 Å². The van der Waals surface area contributed by atoms with E-state index in [4.69, 9.17) is 21.1 Å². The van der Waals surface area contributed by atoms with E-state index in [-0.39, 0.29) is 5.91 Å². The lowest BCUT2D eigenvalue weighted by Gasteiger charge is -2.32. The van der Waals surface area contributed by atoms with Gasteiger partial charge in [-0.25, -0.2) is 0 Å². The number of amides is 1. The van der Waals surface area contributed by atoms with E-state index in [1.54, 1.807) is 6.07 Å². The van der Waals surface area contributed by atoms with E-state index in [1.807, 2.05) is 18.0 Å². The Morgan fingerprint density at radius 2 is 2.04 bits per heavy atom. The maximum Gasteiger partial charge on any atom is 0.226 e. The van der Waals surface area contributed by atoms with Gasteiger partial charge in [0.2, 0.25) is 5.91 Å². The number of likely N-dealkylation sites (tertiary alicyclic amines) is 1. The fourth-order valence-electron chi connectivity index (χ4n) is 3.23. The smallest absolute Gasteiger partial charge is 0.226 e. The van der Waals surface area contributed by atoms with Crippen LogP contribution >= 0.6 is 11.6 Å². The van der Waals surface area contributed by atoms with Crippen LogP contribution in [0.1, 0.15) is 18.4 Å². The van der Waals surface area contributed by atoms with Crippen molar-refractivity contribution in [1.82, 2.24) is 10.2 Å². The number of nitrogens with one attached hydrogen (secondary N) is 1. The van der Waals surface area contributed by atoms with Gasteiger partial charge in [0.15, 0.2) is 11.5 Å². The number of piperidine rings is 1. The van der Waals surface area contributed by atoms with Gasteiger partial charge in [0.25, 0.3) is 0 Å². The Morgan fingerprint density at radius 1 is 1.30 bits per heavy atom. The largest absolute Gasteiger partial charge is 0.486 e. The summed E-state index contributed by atoms with van der Waals surface area (Å²) in [4.78, 5) is 14.5. The summed E-state index contributed by atoms with van der Waals surface area (Å²) in [6.45, 7) is 3.72. The van der Waals surface area contributed by atoms with E-state index in [9.17, 15) is 4.79 Å². The van der Waals surface area contributed by atoms with Crippen LogP contribution in [-0.4, -0.2) is 50.7 Å². The van der Waals surface area contributed by atoms with Gasteiger partial charge in [0.05, 0.1) is 11.4 Å². The number of halogens is 1. The van der Waals surface area contributed by atoms with Crippen molar-refractivity contribution in [3.63, 3.8) is 0 Å².